The first-order valence-electron chi connectivity index (χ1n) is 9.54. The fraction of sp³-hybridized carbons (Fsp3) is 0.429. The van der Waals surface area contributed by atoms with Gasteiger partial charge in [0.1, 0.15) is 5.76 Å². The van der Waals surface area contributed by atoms with Crippen molar-refractivity contribution in [3.05, 3.63) is 59.5 Å². The van der Waals surface area contributed by atoms with Gasteiger partial charge in [-0.2, -0.15) is 0 Å². The molecule has 1 unspecified atom stereocenters. The second kappa shape index (κ2) is 10.5. The number of benzene rings is 1. The summed E-state index contributed by atoms with van der Waals surface area (Å²) >= 11 is 0. The van der Waals surface area contributed by atoms with E-state index >= 15 is 0 Å². The number of aliphatic imine (C=N–C) groups is 1. The number of esters is 1. The zero-order valence-corrected chi connectivity index (χ0v) is 16.1. The van der Waals surface area contributed by atoms with Crippen molar-refractivity contribution in [2.24, 2.45) is 10.9 Å². The molecule has 7 nitrogen and oxygen atoms in total. The number of nitrogens with zero attached hydrogens (tertiary/aromatic N) is 1. The van der Waals surface area contributed by atoms with Crippen LogP contribution in [0.3, 0.4) is 0 Å². The number of hydrogen-bond acceptors (Lipinski definition) is 5. The number of guanidine groups is 1. The number of carbonyl (C=O) groups excluding carboxylic acids is 1. The summed E-state index contributed by atoms with van der Waals surface area (Å²) < 4.78 is 15.5. The Kier molecular flexibility index (Phi) is 7.49. The highest BCUT2D eigenvalue weighted by molar-refractivity contribution is 5.89. The van der Waals surface area contributed by atoms with E-state index < -0.39 is 0 Å². The van der Waals surface area contributed by atoms with Gasteiger partial charge in [-0.15, -0.1) is 0 Å². The molecule has 1 saturated heterocycles. The van der Waals surface area contributed by atoms with Crippen molar-refractivity contribution in [1.82, 2.24) is 10.6 Å². The highest BCUT2D eigenvalue weighted by atomic mass is 16.5. The van der Waals surface area contributed by atoms with Crippen molar-refractivity contribution in [1.29, 1.82) is 0 Å². The Morgan fingerprint density at radius 1 is 1.25 bits per heavy atom. The molecular weight excluding hydrogens is 358 g/mol. The third-order valence-corrected chi connectivity index (χ3v) is 4.62. The van der Waals surface area contributed by atoms with Gasteiger partial charge in [0.05, 0.1) is 32.1 Å². The molecule has 1 aromatic heterocycles. The van der Waals surface area contributed by atoms with E-state index in [4.69, 9.17) is 13.9 Å². The summed E-state index contributed by atoms with van der Waals surface area (Å²) in [4.78, 5) is 16.2. The number of hydrogen-bond donors (Lipinski definition) is 2. The van der Waals surface area contributed by atoms with Crippen molar-refractivity contribution in [3.8, 4) is 0 Å². The average molecular weight is 385 g/mol. The third kappa shape index (κ3) is 6.13. The molecule has 1 aliphatic heterocycles. The van der Waals surface area contributed by atoms with Crippen molar-refractivity contribution < 1.29 is 18.7 Å². The van der Waals surface area contributed by atoms with Crippen LogP contribution in [0.2, 0.25) is 0 Å². The number of methoxy groups -OCH3 is 1. The predicted octanol–water partition coefficient (Wildman–Crippen LogP) is 2.38. The van der Waals surface area contributed by atoms with E-state index in [0.29, 0.717) is 18.0 Å². The van der Waals surface area contributed by atoms with E-state index in [0.717, 1.165) is 56.4 Å². The largest absolute Gasteiger partial charge is 0.469 e. The summed E-state index contributed by atoms with van der Waals surface area (Å²) in [6.45, 7) is 3.69. The highest BCUT2D eigenvalue weighted by Crippen LogP contribution is 2.11. The van der Waals surface area contributed by atoms with Crippen LogP contribution in [0.25, 0.3) is 0 Å². The highest BCUT2D eigenvalue weighted by Gasteiger charge is 2.15. The SMILES string of the molecule is COC(=O)c1ccc(CN=C(NCCc2ccco2)NCC2CCOC2)cc1. The van der Waals surface area contributed by atoms with Gasteiger partial charge >= 0.3 is 5.97 Å². The van der Waals surface area contributed by atoms with Gasteiger partial charge in [-0.3, -0.25) is 0 Å². The molecule has 0 bridgehead atoms. The van der Waals surface area contributed by atoms with E-state index in [1.165, 1.54) is 7.11 Å². The normalized spacial score (nSPS) is 16.8. The summed E-state index contributed by atoms with van der Waals surface area (Å²) in [5.74, 6) is 1.87. The molecule has 1 fully saturated rings. The van der Waals surface area contributed by atoms with Crippen LogP contribution in [0.1, 0.15) is 28.1 Å². The number of rotatable bonds is 8. The van der Waals surface area contributed by atoms with Crippen molar-refractivity contribution in [2.75, 3.05) is 33.4 Å². The molecule has 0 saturated carbocycles. The fourth-order valence-electron chi connectivity index (χ4n) is 2.95. The summed E-state index contributed by atoms with van der Waals surface area (Å²) in [6.07, 6.45) is 3.54. The van der Waals surface area contributed by atoms with E-state index in [9.17, 15) is 4.79 Å². The minimum absolute atomic E-state index is 0.337. The molecule has 0 amide bonds. The molecule has 2 heterocycles. The number of carbonyl (C=O) groups is 1. The standard InChI is InChI=1S/C21H27N3O4/c1-26-20(25)18-6-4-16(5-7-18)13-23-21(24-14-17-9-12-27-15-17)22-10-8-19-3-2-11-28-19/h2-7,11,17H,8-10,12-15H2,1H3,(H2,22,23,24). The predicted molar refractivity (Wildman–Crippen MR) is 106 cm³/mol. The smallest absolute Gasteiger partial charge is 0.337 e. The van der Waals surface area contributed by atoms with E-state index in [2.05, 4.69) is 15.6 Å². The van der Waals surface area contributed by atoms with E-state index in [-0.39, 0.29) is 5.97 Å². The Hall–Kier alpha value is -2.80. The van der Waals surface area contributed by atoms with Gasteiger partial charge < -0.3 is 24.5 Å². The maximum atomic E-state index is 11.5. The molecule has 1 atom stereocenters. The van der Waals surface area contributed by atoms with Gasteiger partial charge in [-0.25, -0.2) is 9.79 Å². The zero-order chi connectivity index (χ0) is 19.6. The van der Waals surface area contributed by atoms with Gasteiger partial charge in [0.2, 0.25) is 0 Å². The zero-order valence-electron chi connectivity index (χ0n) is 16.1. The topological polar surface area (TPSA) is 85.1 Å². The monoisotopic (exact) mass is 385 g/mol. The van der Waals surface area contributed by atoms with Crippen LogP contribution in [0, 0.1) is 5.92 Å². The molecule has 0 aliphatic carbocycles. The van der Waals surface area contributed by atoms with E-state index in [1.807, 2.05) is 24.3 Å². The van der Waals surface area contributed by atoms with Crippen LogP contribution < -0.4 is 10.6 Å². The lowest BCUT2D eigenvalue weighted by molar-refractivity contribution is 0.0600. The van der Waals surface area contributed by atoms with Gasteiger partial charge in [0.15, 0.2) is 5.96 Å². The van der Waals surface area contributed by atoms with Crippen LogP contribution in [0.5, 0.6) is 0 Å². The summed E-state index contributed by atoms with van der Waals surface area (Å²) in [6, 6.07) is 11.1. The lowest BCUT2D eigenvalue weighted by Crippen LogP contribution is -2.40. The van der Waals surface area contributed by atoms with Gasteiger partial charge in [-0.1, -0.05) is 12.1 Å². The first kappa shape index (κ1) is 19.9. The maximum Gasteiger partial charge on any atom is 0.337 e. The summed E-state index contributed by atoms with van der Waals surface area (Å²) in [7, 11) is 1.38. The van der Waals surface area contributed by atoms with Gasteiger partial charge in [0.25, 0.3) is 0 Å². The Balaban J connectivity index is 1.56. The Morgan fingerprint density at radius 2 is 2.11 bits per heavy atom. The number of ether oxygens (including phenoxy) is 2. The Morgan fingerprint density at radius 3 is 2.79 bits per heavy atom. The van der Waals surface area contributed by atoms with Gasteiger partial charge in [0, 0.05) is 32.0 Å². The molecule has 28 heavy (non-hydrogen) atoms. The minimum atomic E-state index is -0.337. The van der Waals surface area contributed by atoms with Crippen molar-refractivity contribution in [2.45, 2.75) is 19.4 Å². The quantitative estimate of drug-likeness (QED) is 0.412. The second-order valence-electron chi connectivity index (χ2n) is 6.72. The fourth-order valence-corrected chi connectivity index (χ4v) is 2.95. The molecule has 1 aromatic carbocycles. The molecule has 2 N–H and O–H groups in total. The maximum absolute atomic E-state index is 11.5. The van der Waals surface area contributed by atoms with Gasteiger partial charge in [-0.05, 0) is 36.2 Å². The van der Waals surface area contributed by atoms with Crippen LogP contribution in [0.4, 0.5) is 0 Å². The van der Waals surface area contributed by atoms with Crippen LogP contribution >= 0.6 is 0 Å². The molecule has 0 spiro atoms. The summed E-state index contributed by atoms with van der Waals surface area (Å²) in [5.41, 5.74) is 1.55. The lowest BCUT2D eigenvalue weighted by atomic mass is 10.1. The van der Waals surface area contributed by atoms with Crippen LogP contribution in [-0.2, 0) is 22.4 Å². The minimum Gasteiger partial charge on any atom is -0.469 e. The summed E-state index contributed by atoms with van der Waals surface area (Å²) in [5, 5.41) is 6.76. The molecule has 1 aliphatic rings. The van der Waals surface area contributed by atoms with Crippen LogP contribution in [-0.4, -0.2) is 45.3 Å². The Labute approximate surface area is 165 Å². The molecule has 0 radical (unpaired) electrons. The van der Waals surface area contributed by atoms with Crippen molar-refractivity contribution >= 4 is 11.9 Å². The average Bonchev–Trinajstić information content (AvgIpc) is 3.43. The number of furan rings is 1. The Bertz CT molecular complexity index is 750. The lowest BCUT2D eigenvalue weighted by Gasteiger charge is -2.15. The molecule has 7 heteroatoms. The first-order valence-corrected chi connectivity index (χ1v) is 9.54. The van der Waals surface area contributed by atoms with Crippen molar-refractivity contribution in [3.63, 3.8) is 0 Å². The first-order chi connectivity index (χ1) is 13.7. The van der Waals surface area contributed by atoms with E-state index in [1.54, 1.807) is 18.4 Å². The molecule has 2 aromatic rings. The molecular formula is C21H27N3O4. The van der Waals surface area contributed by atoms with Crippen LogP contribution in [0.15, 0.2) is 52.1 Å². The second-order valence-corrected chi connectivity index (χ2v) is 6.72. The molecule has 3 rings (SSSR count). The third-order valence-electron chi connectivity index (χ3n) is 4.62. The molecule has 150 valence electrons. The number of nitrogens with one attached hydrogen (secondary N) is 2.